The van der Waals surface area contributed by atoms with E-state index < -0.39 is 0 Å². The Morgan fingerprint density at radius 2 is 2.25 bits per heavy atom. The van der Waals surface area contributed by atoms with Crippen LogP contribution in [-0.4, -0.2) is 5.91 Å². The normalized spacial score (nSPS) is 12.2. The summed E-state index contributed by atoms with van der Waals surface area (Å²) in [5, 5.41) is 2.85. The van der Waals surface area contributed by atoms with Crippen molar-refractivity contribution in [3.05, 3.63) is 22.7 Å². The van der Waals surface area contributed by atoms with E-state index in [1.54, 1.807) is 12.1 Å². The van der Waals surface area contributed by atoms with E-state index in [0.29, 0.717) is 18.0 Å². The van der Waals surface area contributed by atoms with E-state index >= 15 is 0 Å². The number of amides is 1. The van der Waals surface area contributed by atoms with Gasteiger partial charge >= 0.3 is 0 Å². The Morgan fingerprint density at radius 1 is 1.56 bits per heavy atom. The summed E-state index contributed by atoms with van der Waals surface area (Å²) < 4.78 is 0.800. The van der Waals surface area contributed by atoms with E-state index in [-0.39, 0.29) is 5.91 Å². The minimum Gasteiger partial charge on any atom is -0.398 e. The third-order valence-electron chi connectivity index (χ3n) is 2.51. The molecule has 1 aromatic carbocycles. The fourth-order valence-electron chi connectivity index (χ4n) is 1.28. The predicted molar refractivity (Wildman–Crippen MR) is 71.3 cm³/mol. The first-order valence-electron chi connectivity index (χ1n) is 5.37. The Morgan fingerprint density at radius 3 is 2.81 bits per heavy atom. The molecular weight excluding hydrogens is 268 g/mol. The van der Waals surface area contributed by atoms with Gasteiger partial charge in [0.15, 0.2) is 0 Å². The van der Waals surface area contributed by atoms with Crippen molar-refractivity contribution in [3.8, 4) is 0 Å². The SMILES string of the molecule is CCC(C)CC(=O)Nc1ccc(N)c(Br)c1. The van der Waals surface area contributed by atoms with Crippen LogP contribution in [0, 0.1) is 5.92 Å². The van der Waals surface area contributed by atoms with E-state index in [9.17, 15) is 4.79 Å². The maximum absolute atomic E-state index is 11.6. The van der Waals surface area contributed by atoms with Gasteiger partial charge in [-0.1, -0.05) is 20.3 Å². The van der Waals surface area contributed by atoms with Crippen LogP contribution in [0.1, 0.15) is 26.7 Å². The lowest BCUT2D eigenvalue weighted by Crippen LogP contribution is -2.14. The summed E-state index contributed by atoms with van der Waals surface area (Å²) in [6, 6.07) is 5.38. The van der Waals surface area contributed by atoms with E-state index in [1.807, 2.05) is 6.07 Å². The van der Waals surface area contributed by atoms with Crippen molar-refractivity contribution in [1.29, 1.82) is 0 Å². The summed E-state index contributed by atoms with van der Waals surface area (Å²) in [5.74, 6) is 0.461. The fraction of sp³-hybridized carbons (Fsp3) is 0.417. The van der Waals surface area contributed by atoms with Crippen molar-refractivity contribution in [2.45, 2.75) is 26.7 Å². The van der Waals surface area contributed by atoms with Crippen LogP contribution in [0.4, 0.5) is 11.4 Å². The molecule has 0 spiro atoms. The maximum atomic E-state index is 11.6. The molecule has 0 fully saturated rings. The van der Waals surface area contributed by atoms with Crippen molar-refractivity contribution in [1.82, 2.24) is 0 Å². The van der Waals surface area contributed by atoms with E-state index in [2.05, 4.69) is 35.1 Å². The van der Waals surface area contributed by atoms with Crippen molar-refractivity contribution in [2.24, 2.45) is 5.92 Å². The third-order valence-corrected chi connectivity index (χ3v) is 3.20. The number of halogens is 1. The van der Waals surface area contributed by atoms with E-state index in [4.69, 9.17) is 5.73 Å². The number of carbonyl (C=O) groups excluding carboxylic acids is 1. The predicted octanol–water partition coefficient (Wildman–Crippen LogP) is 3.41. The highest BCUT2D eigenvalue weighted by atomic mass is 79.9. The van der Waals surface area contributed by atoms with E-state index in [1.165, 1.54) is 0 Å². The number of carbonyl (C=O) groups is 1. The molecule has 0 heterocycles. The molecule has 1 unspecified atom stereocenters. The summed E-state index contributed by atoms with van der Waals surface area (Å²) in [6.45, 7) is 4.15. The summed E-state index contributed by atoms with van der Waals surface area (Å²) in [5.41, 5.74) is 7.10. The van der Waals surface area contributed by atoms with Crippen molar-refractivity contribution < 1.29 is 4.79 Å². The van der Waals surface area contributed by atoms with Crippen LogP contribution >= 0.6 is 15.9 Å². The molecule has 0 bridgehead atoms. The summed E-state index contributed by atoms with van der Waals surface area (Å²) in [6.07, 6.45) is 1.57. The molecule has 88 valence electrons. The average molecular weight is 285 g/mol. The van der Waals surface area contributed by atoms with Gasteiger partial charge in [0, 0.05) is 22.3 Å². The molecule has 0 aromatic heterocycles. The molecule has 1 atom stereocenters. The summed E-state index contributed by atoms with van der Waals surface area (Å²) in [4.78, 5) is 11.6. The van der Waals surface area contributed by atoms with E-state index in [0.717, 1.165) is 16.6 Å². The molecule has 16 heavy (non-hydrogen) atoms. The standard InChI is InChI=1S/C12H17BrN2O/c1-3-8(2)6-12(16)15-9-4-5-11(14)10(13)7-9/h4-5,7-8H,3,6,14H2,1-2H3,(H,15,16). The molecule has 0 saturated carbocycles. The molecule has 1 aromatic rings. The Balaban J connectivity index is 2.59. The Bertz CT molecular complexity index is 379. The van der Waals surface area contributed by atoms with Gasteiger partial charge in [0.05, 0.1) is 0 Å². The second-order valence-electron chi connectivity index (χ2n) is 4.00. The molecule has 4 heteroatoms. The first kappa shape index (κ1) is 13.0. The van der Waals surface area contributed by atoms with Crippen molar-refractivity contribution in [3.63, 3.8) is 0 Å². The quantitative estimate of drug-likeness (QED) is 0.833. The fourth-order valence-corrected chi connectivity index (χ4v) is 1.66. The molecule has 1 rings (SSSR count). The molecule has 0 aliphatic carbocycles. The highest BCUT2D eigenvalue weighted by Gasteiger charge is 2.08. The zero-order chi connectivity index (χ0) is 12.1. The van der Waals surface area contributed by atoms with Crippen LogP contribution in [0.25, 0.3) is 0 Å². The molecular formula is C12H17BrN2O. The monoisotopic (exact) mass is 284 g/mol. The van der Waals surface area contributed by atoms with Crippen LogP contribution in [0.15, 0.2) is 22.7 Å². The molecule has 0 radical (unpaired) electrons. The average Bonchev–Trinajstić information content (AvgIpc) is 2.23. The number of anilines is 2. The summed E-state index contributed by atoms with van der Waals surface area (Å²) in [7, 11) is 0. The van der Waals surface area contributed by atoms with Crippen LogP contribution in [-0.2, 0) is 4.79 Å². The Hall–Kier alpha value is -1.03. The van der Waals surface area contributed by atoms with Crippen LogP contribution in [0.2, 0.25) is 0 Å². The maximum Gasteiger partial charge on any atom is 0.224 e. The number of nitrogens with one attached hydrogen (secondary N) is 1. The minimum atomic E-state index is 0.0472. The lowest BCUT2D eigenvalue weighted by atomic mass is 10.1. The number of rotatable bonds is 4. The van der Waals surface area contributed by atoms with Gasteiger partial charge < -0.3 is 11.1 Å². The highest BCUT2D eigenvalue weighted by molar-refractivity contribution is 9.10. The van der Waals surface area contributed by atoms with Gasteiger partial charge in [-0.05, 0) is 40.0 Å². The number of nitrogen functional groups attached to an aromatic ring is 1. The van der Waals surface area contributed by atoms with Gasteiger partial charge in [-0.25, -0.2) is 0 Å². The molecule has 0 aliphatic heterocycles. The Kier molecular flexibility index (Phi) is 4.80. The van der Waals surface area contributed by atoms with Gasteiger partial charge in [-0.2, -0.15) is 0 Å². The van der Waals surface area contributed by atoms with Gasteiger partial charge in [-0.15, -0.1) is 0 Å². The zero-order valence-electron chi connectivity index (χ0n) is 9.59. The lowest BCUT2D eigenvalue weighted by molar-refractivity contribution is -0.117. The van der Waals surface area contributed by atoms with Gasteiger partial charge in [0.1, 0.15) is 0 Å². The van der Waals surface area contributed by atoms with Gasteiger partial charge in [-0.3, -0.25) is 4.79 Å². The molecule has 3 N–H and O–H groups in total. The third kappa shape index (κ3) is 3.85. The second kappa shape index (κ2) is 5.89. The Labute approximate surface area is 105 Å². The second-order valence-corrected chi connectivity index (χ2v) is 4.86. The number of hydrogen-bond acceptors (Lipinski definition) is 2. The molecule has 0 aliphatic rings. The van der Waals surface area contributed by atoms with Crippen molar-refractivity contribution >= 4 is 33.2 Å². The van der Waals surface area contributed by atoms with Crippen LogP contribution < -0.4 is 11.1 Å². The first-order chi connectivity index (χ1) is 7.52. The first-order valence-corrected chi connectivity index (χ1v) is 6.17. The zero-order valence-corrected chi connectivity index (χ0v) is 11.2. The minimum absolute atomic E-state index is 0.0472. The van der Waals surface area contributed by atoms with Crippen molar-refractivity contribution in [2.75, 3.05) is 11.1 Å². The van der Waals surface area contributed by atoms with Crippen LogP contribution in [0.5, 0.6) is 0 Å². The summed E-state index contributed by atoms with van der Waals surface area (Å²) >= 11 is 3.32. The number of nitrogens with two attached hydrogens (primary N) is 1. The smallest absolute Gasteiger partial charge is 0.224 e. The molecule has 3 nitrogen and oxygen atoms in total. The molecule has 0 saturated heterocycles. The number of benzene rings is 1. The highest BCUT2D eigenvalue weighted by Crippen LogP contribution is 2.23. The topological polar surface area (TPSA) is 55.1 Å². The van der Waals surface area contributed by atoms with Crippen LogP contribution in [0.3, 0.4) is 0 Å². The van der Waals surface area contributed by atoms with Gasteiger partial charge in [0.25, 0.3) is 0 Å². The lowest BCUT2D eigenvalue weighted by Gasteiger charge is -2.10. The van der Waals surface area contributed by atoms with Gasteiger partial charge in [0.2, 0.25) is 5.91 Å². The molecule has 1 amide bonds. The largest absolute Gasteiger partial charge is 0.398 e. The number of hydrogen-bond donors (Lipinski definition) is 2.